The molecule has 2 aromatic heterocycles. The number of benzene rings is 2. The van der Waals surface area contributed by atoms with E-state index in [0.717, 1.165) is 16.9 Å². The number of para-hydroxylation sites is 1. The van der Waals surface area contributed by atoms with Gasteiger partial charge in [0, 0.05) is 16.6 Å². The summed E-state index contributed by atoms with van der Waals surface area (Å²) in [6.07, 6.45) is 0. The van der Waals surface area contributed by atoms with E-state index in [2.05, 4.69) is 21.4 Å². The third-order valence-electron chi connectivity index (χ3n) is 4.34. The van der Waals surface area contributed by atoms with Crippen LogP contribution in [0.25, 0.3) is 21.8 Å². The number of thioether (sulfide) groups is 1. The van der Waals surface area contributed by atoms with Gasteiger partial charge in [-0.3, -0.25) is 4.79 Å². The van der Waals surface area contributed by atoms with Gasteiger partial charge in [-0.1, -0.05) is 60.3 Å². The molecule has 0 fully saturated rings. The smallest absolute Gasteiger partial charge is 0.234 e. The maximum atomic E-state index is 12.2. The summed E-state index contributed by atoms with van der Waals surface area (Å²) in [5.41, 5.74) is 9.73. The average Bonchev–Trinajstić information content (AvgIpc) is 3.29. The second-order valence-electron chi connectivity index (χ2n) is 6.49. The molecule has 2 heterocycles. The van der Waals surface area contributed by atoms with Crippen molar-refractivity contribution in [3.63, 3.8) is 0 Å². The summed E-state index contributed by atoms with van der Waals surface area (Å²) in [7, 11) is 0. The second kappa shape index (κ2) is 9.43. The number of nitrogens with two attached hydrogens (primary N) is 1. The lowest BCUT2D eigenvalue weighted by Gasteiger charge is -2.08. The molecule has 0 saturated heterocycles. The number of hydrogen-bond donors (Lipinski definition) is 2. The van der Waals surface area contributed by atoms with Crippen molar-refractivity contribution in [3.8, 4) is 27.9 Å². The number of hydrogen-bond acceptors (Lipinski definition) is 7. The van der Waals surface area contributed by atoms with E-state index >= 15 is 0 Å². The minimum atomic E-state index is -0.183. The van der Waals surface area contributed by atoms with Crippen LogP contribution in [0.4, 0.5) is 11.5 Å². The third kappa shape index (κ3) is 4.91. The molecule has 0 spiro atoms. The van der Waals surface area contributed by atoms with Crippen LogP contribution in [0.3, 0.4) is 0 Å². The Hall–Kier alpha value is -3.67. The Morgan fingerprint density at radius 2 is 1.81 bits per heavy atom. The number of nitrogen functional groups attached to an aromatic ring is 1. The van der Waals surface area contributed by atoms with Crippen LogP contribution in [0.2, 0.25) is 0 Å². The number of carbonyl (C=O) groups excluding carboxylic acids is 1. The molecule has 6 nitrogen and oxygen atoms in total. The zero-order valence-electron chi connectivity index (χ0n) is 16.3. The van der Waals surface area contributed by atoms with Gasteiger partial charge >= 0.3 is 0 Å². The monoisotopic (exact) mass is 443 g/mol. The van der Waals surface area contributed by atoms with Gasteiger partial charge in [-0.05, 0) is 18.2 Å². The summed E-state index contributed by atoms with van der Waals surface area (Å²) in [5.74, 6) is 0.209. The first-order valence-electron chi connectivity index (χ1n) is 9.33. The normalized spacial score (nSPS) is 10.4. The highest BCUT2D eigenvalue weighted by atomic mass is 32.2. The maximum Gasteiger partial charge on any atom is 0.234 e. The molecule has 0 radical (unpaired) electrons. The Bertz CT molecular complexity index is 1250. The zero-order valence-corrected chi connectivity index (χ0v) is 17.9. The number of nitrogens with one attached hydrogen (secondary N) is 1. The maximum absolute atomic E-state index is 12.2. The van der Waals surface area contributed by atoms with Crippen molar-refractivity contribution in [2.24, 2.45) is 0 Å². The summed E-state index contributed by atoms with van der Waals surface area (Å²) in [4.78, 5) is 21.3. The van der Waals surface area contributed by atoms with E-state index in [1.807, 2.05) is 66.0 Å². The number of nitriles is 1. The molecule has 0 atom stereocenters. The van der Waals surface area contributed by atoms with Gasteiger partial charge in [0.2, 0.25) is 5.91 Å². The Morgan fingerprint density at radius 3 is 2.52 bits per heavy atom. The predicted molar refractivity (Wildman–Crippen MR) is 126 cm³/mol. The number of anilines is 2. The third-order valence-corrected chi connectivity index (χ3v) is 6.21. The Labute approximate surface area is 187 Å². The van der Waals surface area contributed by atoms with Crippen LogP contribution < -0.4 is 11.1 Å². The van der Waals surface area contributed by atoms with Crippen molar-refractivity contribution in [1.82, 2.24) is 9.97 Å². The van der Waals surface area contributed by atoms with E-state index in [4.69, 9.17) is 5.73 Å². The van der Waals surface area contributed by atoms with Gasteiger partial charge in [0.05, 0.1) is 22.6 Å². The first-order chi connectivity index (χ1) is 15.1. The highest BCUT2D eigenvalue weighted by molar-refractivity contribution is 8.00. The summed E-state index contributed by atoms with van der Waals surface area (Å²) < 4.78 is 0. The van der Waals surface area contributed by atoms with Crippen molar-refractivity contribution >= 4 is 40.5 Å². The van der Waals surface area contributed by atoms with Gasteiger partial charge in [-0.25, -0.2) is 9.97 Å². The molecule has 0 bridgehead atoms. The first kappa shape index (κ1) is 20.6. The summed E-state index contributed by atoms with van der Waals surface area (Å²) >= 11 is 2.62. The van der Waals surface area contributed by atoms with E-state index in [9.17, 15) is 10.1 Å². The molecule has 1 amide bonds. The SMILES string of the molecule is N#Cc1cc(-c2nc(-c3ccccc3)cs2)c(N)nc1SCC(=O)Nc1ccccc1. The van der Waals surface area contributed by atoms with Crippen molar-refractivity contribution in [3.05, 3.63) is 77.7 Å². The van der Waals surface area contributed by atoms with Crippen molar-refractivity contribution in [1.29, 1.82) is 5.26 Å². The van der Waals surface area contributed by atoms with E-state index in [-0.39, 0.29) is 17.5 Å². The molecule has 0 aliphatic rings. The molecule has 8 heteroatoms. The number of rotatable bonds is 6. The van der Waals surface area contributed by atoms with Crippen LogP contribution in [0.5, 0.6) is 0 Å². The molecular formula is C23H17N5OS2. The molecule has 4 rings (SSSR count). The fourth-order valence-corrected chi connectivity index (χ4v) is 4.48. The molecule has 31 heavy (non-hydrogen) atoms. The molecule has 3 N–H and O–H groups in total. The Morgan fingerprint density at radius 1 is 1.10 bits per heavy atom. The number of pyridine rings is 1. The topological polar surface area (TPSA) is 105 Å². The van der Waals surface area contributed by atoms with Gasteiger partial charge in [-0.2, -0.15) is 5.26 Å². The first-order valence-corrected chi connectivity index (χ1v) is 11.2. The Balaban J connectivity index is 1.52. The standard InChI is InChI=1S/C23H17N5OS2/c24-12-16-11-18(23-27-19(13-30-23)15-7-3-1-4-8-15)21(25)28-22(16)31-14-20(29)26-17-9-5-2-6-10-17/h1-11,13H,14H2,(H2,25,28)(H,26,29). The van der Waals surface area contributed by atoms with E-state index in [1.165, 1.54) is 23.1 Å². The quantitative estimate of drug-likeness (QED) is 0.404. The second-order valence-corrected chi connectivity index (χ2v) is 8.31. The number of aromatic nitrogens is 2. The van der Waals surface area contributed by atoms with Gasteiger partial charge in [0.1, 0.15) is 21.9 Å². The molecule has 152 valence electrons. The molecule has 2 aromatic carbocycles. The lowest BCUT2D eigenvalue weighted by Crippen LogP contribution is -2.14. The van der Waals surface area contributed by atoms with E-state index in [0.29, 0.717) is 21.2 Å². The van der Waals surface area contributed by atoms with Crippen LogP contribution in [0.15, 0.2) is 77.1 Å². The lowest BCUT2D eigenvalue weighted by atomic mass is 10.2. The molecule has 0 aliphatic heterocycles. The van der Waals surface area contributed by atoms with Crippen LogP contribution >= 0.6 is 23.1 Å². The molecule has 0 unspecified atom stereocenters. The largest absolute Gasteiger partial charge is 0.383 e. The number of amides is 1. The summed E-state index contributed by atoms with van der Waals surface area (Å²) in [5, 5.41) is 15.5. The number of thiazole rings is 1. The lowest BCUT2D eigenvalue weighted by molar-refractivity contribution is -0.113. The predicted octanol–water partition coefficient (Wildman–Crippen LogP) is 5.06. The van der Waals surface area contributed by atoms with Gasteiger partial charge < -0.3 is 11.1 Å². The summed E-state index contributed by atoms with van der Waals surface area (Å²) in [6.45, 7) is 0. The molecular weight excluding hydrogens is 426 g/mol. The van der Waals surface area contributed by atoms with Crippen molar-refractivity contribution in [2.75, 3.05) is 16.8 Å². The van der Waals surface area contributed by atoms with Crippen molar-refractivity contribution in [2.45, 2.75) is 5.03 Å². The number of carbonyl (C=O) groups is 1. The molecule has 0 saturated carbocycles. The van der Waals surface area contributed by atoms with Gasteiger partial charge in [0.25, 0.3) is 0 Å². The minimum Gasteiger partial charge on any atom is -0.383 e. The average molecular weight is 444 g/mol. The van der Waals surface area contributed by atoms with Crippen LogP contribution in [-0.2, 0) is 4.79 Å². The number of nitrogens with zero attached hydrogens (tertiary/aromatic N) is 3. The Kier molecular flexibility index (Phi) is 6.26. The van der Waals surface area contributed by atoms with Gasteiger partial charge in [-0.15, -0.1) is 11.3 Å². The van der Waals surface area contributed by atoms with Crippen LogP contribution in [0.1, 0.15) is 5.56 Å². The zero-order chi connectivity index (χ0) is 21.6. The van der Waals surface area contributed by atoms with Crippen LogP contribution in [-0.4, -0.2) is 21.6 Å². The highest BCUT2D eigenvalue weighted by Gasteiger charge is 2.16. The molecule has 0 aliphatic carbocycles. The van der Waals surface area contributed by atoms with E-state index in [1.54, 1.807) is 6.07 Å². The van der Waals surface area contributed by atoms with E-state index < -0.39 is 0 Å². The van der Waals surface area contributed by atoms with Crippen LogP contribution in [0, 0.1) is 11.3 Å². The van der Waals surface area contributed by atoms with Gasteiger partial charge in [0.15, 0.2) is 0 Å². The highest BCUT2D eigenvalue weighted by Crippen LogP contribution is 2.34. The minimum absolute atomic E-state index is 0.116. The van der Waals surface area contributed by atoms with Crippen molar-refractivity contribution < 1.29 is 4.79 Å². The summed E-state index contributed by atoms with van der Waals surface area (Å²) in [6, 6.07) is 22.9. The molecule has 4 aromatic rings. The fourth-order valence-electron chi connectivity index (χ4n) is 2.86. The fraction of sp³-hybridized carbons (Fsp3) is 0.0435.